The molecule has 1 aromatic heterocycles. The third-order valence-corrected chi connectivity index (χ3v) is 6.15. The predicted molar refractivity (Wildman–Crippen MR) is 101 cm³/mol. The summed E-state index contributed by atoms with van der Waals surface area (Å²) in [5.74, 6) is -0.598. The van der Waals surface area contributed by atoms with E-state index in [9.17, 15) is 14.7 Å². The maximum absolute atomic E-state index is 13.2. The highest BCUT2D eigenvalue weighted by Gasteiger charge is 2.51. The number of Topliss-reactive ketones (excluding diaryl/α,β-unsaturated/α-hetero) is 1. The van der Waals surface area contributed by atoms with Crippen molar-refractivity contribution in [1.82, 2.24) is 4.90 Å². The van der Waals surface area contributed by atoms with Crippen LogP contribution < -0.4 is 4.90 Å². The number of piperidine rings is 1. The van der Waals surface area contributed by atoms with Crippen molar-refractivity contribution in [2.45, 2.75) is 31.3 Å². The topological polar surface area (TPSA) is 60.9 Å². The summed E-state index contributed by atoms with van der Waals surface area (Å²) >= 11 is 1.33. The standard InChI is InChI=1S/C20H22N2O3S/c23-17(18-9-6-12-26-18)13-20(25)15-7-2-3-8-16(15)22(19(20)24)14-21-10-4-1-5-11-21/h2-3,6-9,12,25H,1,4-5,10-11,13-14H2/t20-/m1/s1. The van der Waals surface area contributed by atoms with E-state index >= 15 is 0 Å². The molecule has 4 rings (SSSR count). The number of rotatable bonds is 5. The van der Waals surface area contributed by atoms with E-state index in [2.05, 4.69) is 4.90 Å². The first kappa shape index (κ1) is 17.4. The van der Waals surface area contributed by atoms with E-state index in [1.165, 1.54) is 17.8 Å². The minimum Gasteiger partial charge on any atom is -0.375 e. The minimum atomic E-state index is -1.78. The highest BCUT2D eigenvalue weighted by molar-refractivity contribution is 7.12. The molecule has 2 aromatic rings. The van der Waals surface area contributed by atoms with Gasteiger partial charge in [0, 0.05) is 5.56 Å². The van der Waals surface area contributed by atoms with Gasteiger partial charge in [0.25, 0.3) is 5.91 Å². The Labute approximate surface area is 156 Å². The van der Waals surface area contributed by atoms with Crippen molar-refractivity contribution in [2.24, 2.45) is 0 Å². The summed E-state index contributed by atoms with van der Waals surface area (Å²) in [6.45, 7) is 2.38. The van der Waals surface area contributed by atoms with E-state index in [4.69, 9.17) is 0 Å². The molecule has 5 nitrogen and oxygen atoms in total. The molecule has 1 N–H and O–H groups in total. The number of carbonyl (C=O) groups is 2. The molecule has 1 atom stereocenters. The maximum atomic E-state index is 13.2. The van der Waals surface area contributed by atoms with Gasteiger partial charge in [0.1, 0.15) is 0 Å². The van der Waals surface area contributed by atoms with Gasteiger partial charge in [0.05, 0.1) is 23.7 Å². The number of aliphatic hydroxyl groups is 1. The maximum Gasteiger partial charge on any atom is 0.265 e. The largest absolute Gasteiger partial charge is 0.375 e. The molecule has 1 fully saturated rings. The molecule has 6 heteroatoms. The molecule has 0 spiro atoms. The predicted octanol–water partition coefficient (Wildman–Crippen LogP) is 3.00. The first-order valence-corrected chi connectivity index (χ1v) is 9.90. The second-order valence-corrected chi connectivity index (χ2v) is 7.96. The van der Waals surface area contributed by atoms with Crippen LogP contribution in [0.4, 0.5) is 5.69 Å². The summed E-state index contributed by atoms with van der Waals surface area (Å²) < 4.78 is 0. The van der Waals surface area contributed by atoms with E-state index in [-0.39, 0.29) is 12.2 Å². The summed E-state index contributed by atoms with van der Waals surface area (Å²) in [4.78, 5) is 30.2. The van der Waals surface area contributed by atoms with Gasteiger partial charge < -0.3 is 5.11 Å². The van der Waals surface area contributed by atoms with Gasteiger partial charge in [-0.1, -0.05) is 30.7 Å². The van der Waals surface area contributed by atoms with Crippen molar-refractivity contribution in [2.75, 3.05) is 24.7 Å². The quantitative estimate of drug-likeness (QED) is 0.822. The lowest BCUT2D eigenvalue weighted by atomic mass is 9.89. The number of benzene rings is 1. The zero-order chi connectivity index (χ0) is 18.1. The van der Waals surface area contributed by atoms with Crippen LogP contribution in [0, 0.1) is 0 Å². The first-order chi connectivity index (χ1) is 12.6. The van der Waals surface area contributed by atoms with Crippen molar-refractivity contribution in [3.05, 3.63) is 52.2 Å². The average Bonchev–Trinajstić information content (AvgIpc) is 3.26. The molecule has 0 saturated carbocycles. The number of amides is 1. The molecule has 3 heterocycles. The van der Waals surface area contributed by atoms with Crippen LogP contribution in [0.15, 0.2) is 41.8 Å². The Hall–Kier alpha value is -2.02. The molecule has 136 valence electrons. The van der Waals surface area contributed by atoms with Gasteiger partial charge in [0.15, 0.2) is 11.4 Å². The molecule has 0 unspecified atom stereocenters. The van der Waals surface area contributed by atoms with Crippen molar-refractivity contribution in [3.8, 4) is 0 Å². The second kappa shape index (κ2) is 6.95. The molecule has 0 bridgehead atoms. The van der Waals surface area contributed by atoms with Crippen molar-refractivity contribution < 1.29 is 14.7 Å². The number of hydrogen-bond donors (Lipinski definition) is 1. The van der Waals surface area contributed by atoms with Gasteiger partial charge in [-0.25, -0.2) is 0 Å². The van der Waals surface area contributed by atoms with E-state index in [0.29, 0.717) is 22.8 Å². The fourth-order valence-electron chi connectivity index (χ4n) is 3.88. The van der Waals surface area contributed by atoms with Crippen LogP contribution in [0.25, 0.3) is 0 Å². The Bertz CT molecular complexity index is 814. The molecular weight excluding hydrogens is 348 g/mol. The van der Waals surface area contributed by atoms with Crippen LogP contribution in [0.3, 0.4) is 0 Å². The number of nitrogens with zero attached hydrogens (tertiary/aromatic N) is 2. The van der Waals surface area contributed by atoms with Crippen molar-refractivity contribution in [3.63, 3.8) is 0 Å². The number of thiophene rings is 1. The Balaban J connectivity index is 1.63. The van der Waals surface area contributed by atoms with Crippen LogP contribution in [0.1, 0.15) is 40.9 Å². The molecule has 1 aromatic carbocycles. The number of likely N-dealkylation sites (tertiary alicyclic amines) is 1. The Morgan fingerprint density at radius 1 is 1.12 bits per heavy atom. The SMILES string of the molecule is O=C(C[C@]1(O)C(=O)N(CN2CCCCC2)c2ccccc21)c1cccs1. The van der Waals surface area contributed by atoms with Gasteiger partial charge in [-0.15, -0.1) is 11.3 Å². The smallest absolute Gasteiger partial charge is 0.265 e. The zero-order valence-corrected chi connectivity index (χ0v) is 15.4. The summed E-state index contributed by atoms with van der Waals surface area (Å²) in [7, 11) is 0. The number of para-hydroxylation sites is 1. The molecule has 1 saturated heterocycles. The van der Waals surface area contributed by atoms with Gasteiger partial charge in [-0.3, -0.25) is 19.4 Å². The average molecular weight is 370 g/mol. The third-order valence-electron chi connectivity index (χ3n) is 5.24. The molecule has 26 heavy (non-hydrogen) atoms. The van der Waals surface area contributed by atoms with E-state index in [1.54, 1.807) is 29.2 Å². The molecule has 2 aliphatic rings. The van der Waals surface area contributed by atoms with Crippen LogP contribution in [0.5, 0.6) is 0 Å². The number of ketones is 1. The number of anilines is 1. The number of hydrogen-bond acceptors (Lipinski definition) is 5. The van der Waals surface area contributed by atoms with Gasteiger partial charge in [-0.2, -0.15) is 0 Å². The molecule has 0 radical (unpaired) electrons. The normalized spacial score (nSPS) is 23.3. The van der Waals surface area contributed by atoms with Crippen LogP contribution in [-0.2, 0) is 10.4 Å². The molecular formula is C20H22N2O3S. The zero-order valence-electron chi connectivity index (χ0n) is 14.6. The molecule has 1 amide bonds. The minimum absolute atomic E-state index is 0.203. The number of carbonyl (C=O) groups excluding carboxylic acids is 2. The lowest BCUT2D eigenvalue weighted by molar-refractivity contribution is -0.136. The van der Waals surface area contributed by atoms with Gasteiger partial charge >= 0.3 is 0 Å². The highest BCUT2D eigenvalue weighted by atomic mass is 32.1. The first-order valence-electron chi connectivity index (χ1n) is 9.02. The third kappa shape index (κ3) is 2.98. The lowest BCUT2D eigenvalue weighted by Gasteiger charge is -2.31. The van der Waals surface area contributed by atoms with E-state index in [1.807, 2.05) is 17.5 Å². The van der Waals surface area contributed by atoms with Gasteiger partial charge in [-0.05, 0) is 43.4 Å². The molecule has 2 aliphatic heterocycles. The summed E-state index contributed by atoms with van der Waals surface area (Å²) in [6.07, 6.45) is 3.26. The Kier molecular flexibility index (Phi) is 4.65. The Morgan fingerprint density at radius 2 is 1.88 bits per heavy atom. The number of fused-ring (bicyclic) bond motifs is 1. The lowest BCUT2D eigenvalue weighted by Crippen LogP contribution is -2.47. The van der Waals surface area contributed by atoms with E-state index < -0.39 is 11.5 Å². The fraction of sp³-hybridized carbons (Fsp3) is 0.400. The highest BCUT2D eigenvalue weighted by Crippen LogP contribution is 2.43. The van der Waals surface area contributed by atoms with Gasteiger partial charge in [0.2, 0.25) is 0 Å². The van der Waals surface area contributed by atoms with Crippen molar-refractivity contribution >= 4 is 28.7 Å². The van der Waals surface area contributed by atoms with Crippen LogP contribution in [0.2, 0.25) is 0 Å². The fourth-order valence-corrected chi connectivity index (χ4v) is 4.54. The summed E-state index contributed by atoms with van der Waals surface area (Å²) in [5.41, 5.74) is -0.538. The summed E-state index contributed by atoms with van der Waals surface area (Å²) in [5, 5.41) is 13.1. The van der Waals surface area contributed by atoms with Crippen LogP contribution in [-0.4, -0.2) is 41.5 Å². The second-order valence-electron chi connectivity index (χ2n) is 7.01. The monoisotopic (exact) mass is 370 g/mol. The summed E-state index contributed by atoms with van der Waals surface area (Å²) in [6, 6.07) is 10.8. The Morgan fingerprint density at radius 3 is 2.62 bits per heavy atom. The molecule has 0 aliphatic carbocycles. The van der Waals surface area contributed by atoms with Crippen molar-refractivity contribution in [1.29, 1.82) is 0 Å². The van der Waals surface area contributed by atoms with Crippen LogP contribution >= 0.6 is 11.3 Å². The van der Waals surface area contributed by atoms with E-state index in [0.717, 1.165) is 25.9 Å².